The number of aliphatic hydroxyl groups excluding tert-OH is 1. The summed E-state index contributed by atoms with van der Waals surface area (Å²) in [6.45, 7) is 14.1. The molecule has 0 aromatic rings. The minimum atomic E-state index is -0.943. The Morgan fingerprint density at radius 1 is 1.19 bits per heavy atom. The highest BCUT2D eigenvalue weighted by molar-refractivity contribution is 5.66. The van der Waals surface area contributed by atoms with Crippen molar-refractivity contribution in [1.29, 1.82) is 0 Å². The normalized spacial score (nSPS) is 50.3. The van der Waals surface area contributed by atoms with Gasteiger partial charge >= 0.3 is 5.97 Å². The standard InChI is InChI=1S/C22H36O4/c1-7-20(5)13-22(25)12-9-15-19(3,4)10-8-11-21(15,6)17(22)16(18(20)24)26-14(2)23/h7,15-18,24-25H,1,8-13H2,2-6H3/t15-,16+,17+,18-,20-,21+,22-/m1/s1. The summed E-state index contributed by atoms with van der Waals surface area (Å²) in [5.74, 6) is -0.196. The van der Waals surface area contributed by atoms with Crippen LogP contribution in [0.4, 0.5) is 0 Å². The lowest BCUT2D eigenvalue weighted by Crippen LogP contribution is -2.70. The summed E-state index contributed by atoms with van der Waals surface area (Å²) >= 11 is 0. The van der Waals surface area contributed by atoms with Gasteiger partial charge in [-0.3, -0.25) is 4.79 Å². The predicted molar refractivity (Wildman–Crippen MR) is 101 cm³/mol. The zero-order chi connectivity index (χ0) is 19.5. The van der Waals surface area contributed by atoms with Crippen molar-refractivity contribution in [3.8, 4) is 0 Å². The fourth-order valence-corrected chi connectivity index (χ4v) is 7.14. The lowest BCUT2D eigenvalue weighted by atomic mass is 9.41. The van der Waals surface area contributed by atoms with Crippen molar-refractivity contribution in [2.24, 2.45) is 28.1 Å². The molecule has 0 unspecified atom stereocenters. The largest absolute Gasteiger partial charge is 0.459 e. The molecule has 0 bridgehead atoms. The van der Waals surface area contributed by atoms with Crippen LogP contribution in [0.3, 0.4) is 0 Å². The van der Waals surface area contributed by atoms with E-state index in [4.69, 9.17) is 4.74 Å². The average molecular weight is 365 g/mol. The van der Waals surface area contributed by atoms with E-state index < -0.39 is 29.2 Å². The van der Waals surface area contributed by atoms with Crippen molar-refractivity contribution >= 4 is 5.97 Å². The van der Waals surface area contributed by atoms with Crippen molar-refractivity contribution in [2.45, 2.75) is 91.0 Å². The molecule has 0 spiro atoms. The Labute approximate surface area is 158 Å². The summed E-state index contributed by atoms with van der Waals surface area (Å²) < 4.78 is 5.72. The van der Waals surface area contributed by atoms with Crippen molar-refractivity contribution in [1.82, 2.24) is 0 Å². The highest BCUT2D eigenvalue weighted by atomic mass is 16.6. The molecule has 0 aliphatic heterocycles. The van der Waals surface area contributed by atoms with E-state index in [0.717, 1.165) is 19.3 Å². The first-order valence-corrected chi connectivity index (χ1v) is 10.1. The molecular weight excluding hydrogens is 328 g/mol. The Hall–Kier alpha value is -0.870. The van der Waals surface area contributed by atoms with Crippen LogP contribution in [0.2, 0.25) is 0 Å². The average Bonchev–Trinajstić information content (AvgIpc) is 2.50. The summed E-state index contributed by atoms with van der Waals surface area (Å²) in [6, 6.07) is 0. The van der Waals surface area contributed by atoms with Gasteiger partial charge in [0.1, 0.15) is 12.2 Å². The van der Waals surface area contributed by atoms with Crippen molar-refractivity contribution in [3.63, 3.8) is 0 Å². The summed E-state index contributed by atoms with van der Waals surface area (Å²) in [5.41, 5.74) is -1.57. The monoisotopic (exact) mass is 364 g/mol. The third-order valence-corrected chi connectivity index (χ3v) is 8.20. The van der Waals surface area contributed by atoms with Crippen LogP contribution in [0, 0.1) is 28.1 Å². The molecule has 3 aliphatic carbocycles. The molecule has 0 saturated heterocycles. The van der Waals surface area contributed by atoms with Gasteiger partial charge in [0.25, 0.3) is 0 Å². The lowest BCUT2D eigenvalue weighted by molar-refractivity contribution is -0.269. The lowest BCUT2D eigenvalue weighted by Gasteiger charge is -2.66. The number of esters is 1. The molecular formula is C22H36O4. The molecule has 0 amide bonds. The summed E-state index contributed by atoms with van der Waals surface area (Å²) in [7, 11) is 0. The van der Waals surface area contributed by atoms with Gasteiger partial charge in [0.15, 0.2) is 0 Å². The third-order valence-electron chi connectivity index (χ3n) is 8.20. The first-order chi connectivity index (χ1) is 11.9. The van der Waals surface area contributed by atoms with Crippen LogP contribution in [0.15, 0.2) is 12.7 Å². The van der Waals surface area contributed by atoms with Gasteiger partial charge < -0.3 is 14.9 Å². The molecule has 3 fully saturated rings. The molecule has 2 N–H and O–H groups in total. The minimum Gasteiger partial charge on any atom is -0.459 e. The van der Waals surface area contributed by atoms with E-state index in [2.05, 4.69) is 27.4 Å². The van der Waals surface area contributed by atoms with Gasteiger partial charge in [-0.1, -0.05) is 40.2 Å². The second-order valence-electron chi connectivity index (χ2n) is 10.4. The van der Waals surface area contributed by atoms with E-state index in [1.165, 1.54) is 13.3 Å². The Bertz CT molecular complexity index is 599. The van der Waals surface area contributed by atoms with Crippen LogP contribution in [0.1, 0.15) is 73.1 Å². The van der Waals surface area contributed by atoms with Gasteiger partial charge in [-0.2, -0.15) is 0 Å². The van der Waals surface area contributed by atoms with Gasteiger partial charge in [0.2, 0.25) is 0 Å². The predicted octanol–water partition coefficient (Wildman–Crippen LogP) is 3.85. The molecule has 26 heavy (non-hydrogen) atoms. The maximum absolute atomic E-state index is 11.9. The number of hydrogen-bond acceptors (Lipinski definition) is 4. The molecule has 4 heteroatoms. The summed E-state index contributed by atoms with van der Waals surface area (Å²) in [4.78, 5) is 11.9. The fourth-order valence-electron chi connectivity index (χ4n) is 7.14. The maximum atomic E-state index is 11.9. The molecule has 7 atom stereocenters. The third kappa shape index (κ3) is 2.75. The molecule has 148 valence electrons. The van der Waals surface area contributed by atoms with Gasteiger partial charge in [-0.05, 0) is 48.9 Å². The summed E-state index contributed by atoms with van der Waals surface area (Å²) in [6.07, 6.45) is 5.60. The second kappa shape index (κ2) is 6.07. The van der Waals surface area contributed by atoms with Crippen LogP contribution in [-0.2, 0) is 9.53 Å². The molecule has 4 nitrogen and oxygen atoms in total. The first-order valence-electron chi connectivity index (χ1n) is 10.1. The summed E-state index contributed by atoms with van der Waals surface area (Å²) in [5, 5.41) is 22.9. The van der Waals surface area contributed by atoms with Crippen LogP contribution in [0.5, 0.6) is 0 Å². The minimum absolute atomic E-state index is 0.154. The number of hydrogen-bond donors (Lipinski definition) is 2. The Morgan fingerprint density at radius 2 is 1.85 bits per heavy atom. The number of carbonyl (C=O) groups excluding carboxylic acids is 1. The zero-order valence-electron chi connectivity index (χ0n) is 17.0. The molecule has 3 aliphatic rings. The van der Waals surface area contributed by atoms with Crippen LogP contribution in [-0.4, -0.2) is 34.0 Å². The number of carbonyl (C=O) groups is 1. The fraction of sp³-hybridized carbons (Fsp3) is 0.864. The highest BCUT2D eigenvalue weighted by Gasteiger charge is 2.67. The quantitative estimate of drug-likeness (QED) is 0.577. The molecule has 3 rings (SSSR count). The molecule has 0 heterocycles. The molecule has 0 aromatic carbocycles. The first kappa shape index (κ1) is 19.9. The van der Waals surface area contributed by atoms with Crippen LogP contribution < -0.4 is 0 Å². The number of rotatable bonds is 2. The molecule has 0 radical (unpaired) electrons. The highest BCUT2D eigenvalue weighted by Crippen LogP contribution is 2.66. The zero-order valence-corrected chi connectivity index (χ0v) is 17.0. The second-order valence-corrected chi connectivity index (χ2v) is 10.4. The van der Waals surface area contributed by atoms with Gasteiger partial charge in [0, 0.05) is 18.3 Å². The SMILES string of the molecule is C=C[C@]1(C)C[C@]2(O)CC[C@@H]3C(C)(C)CCC[C@]3(C)[C@@H]2[C@H](OC(C)=O)[C@H]1O. The van der Waals surface area contributed by atoms with E-state index in [9.17, 15) is 15.0 Å². The van der Waals surface area contributed by atoms with Crippen molar-refractivity contribution in [2.75, 3.05) is 0 Å². The Kier molecular flexibility index (Phi) is 4.64. The van der Waals surface area contributed by atoms with E-state index in [0.29, 0.717) is 18.8 Å². The van der Waals surface area contributed by atoms with E-state index >= 15 is 0 Å². The number of aliphatic hydroxyl groups is 2. The van der Waals surface area contributed by atoms with E-state index in [1.807, 2.05) is 6.92 Å². The smallest absolute Gasteiger partial charge is 0.303 e. The van der Waals surface area contributed by atoms with Crippen LogP contribution in [0.25, 0.3) is 0 Å². The molecule has 0 aromatic heterocycles. The molecule has 3 saturated carbocycles. The Balaban J connectivity index is 2.11. The van der Waals surface area contributed by atoms with Gasteiger partial charge in [-0.15, -0.1) is 6.58 Å². The van der Waals surface area contributed by atoms with Crippen molar-refractivity contribution in [3.05, 3.63) is 12.7 Å². The van der Waals surface area contributed by atoms with E-state index in [-0.39, 0.29) is 16.7 Å². The van der Waals surface area contributed by atoms with Gasteiger partial charge in [0.05, 0.1) is 5.60 Å². The maximum Gasteiger partial charge on any atom is 0.303 e. The van der Waals surface area contributed by atoms with Gasteiger partial charge in [-0.25, -0.2) is 0 Å². The number of fused-ring (bicyclic) bond motifs is 3. The van der Waals surface area contributed by atoms with Crippen molar-refractivity contribution < 1.29 is 19.7 Å². The van der Waals surface area contributed by atoms with E-state index in [1.54, 1.807) is 6.08 Å². The Morgan fingerprint density at radius 3 is 2.42 bits per heavy atom. The van der Waals surface area contributed by atoms with Crippen LogP contribution >= 0.6 is 0 Å². The topological polar surface area (TPSA) is 66.8 Å². The number of ether oxygens (including phenoxy) is 1.